The largest absolute Gasteiger partial charge is 0.449 e. The number of alkyl carbamates (subject to hydrolysis) is 1. The normalized spacial score (nSPS) is 14.3. The summed E-state index contributed by atoms with van der Waals surface area (Å²) in [5.74, 6) is 0.00334. The van der Waals surface area contributed by atoms with E-state index in [-0.39, 0.29) is 25.5 Å². The van der Waals surface area contributed by atoms with E-state index in [2.05, 4.69) is 29.6 Å². The fraction of sp³-hybridized carbons (Fsp3) is 0.269. The van der Waals surface area contributed by atoms with Crippen LogP contribution < -0.4 is 5.32 Å². The molecule has 0 aromatic heterocycles. The van der Waals surface area contributed by atoms with E-state index in [0.717, 1.165) is 16.0 Å². The van der Waals surface area contributed by atoms with Gasteiger partial charge in [-0.3, -0.25) is 0 Å². The molecule has 6 heteroatoms. The van der Waals surface area contributed by atoms with E-state index in [1.165, 1.54) is 22.9 Å². The zero-order valence-corrected chi connectivity index (χ0v) is 18.7. The molecular weight excluding hydrogens is 422 g/mol. The minimum atomic E-state index is -1.01. The number of rotatable bonds is 8. The van der Waals surface area contributed by atoms with Gasteiger partial charge in [0.25, 0.3) is 0 Å². The Morgan fingerprint density at radius 3 is 2.22 bits per heavy atom. The lowest BCUT2D eigenvalue weighted by Gasteiger charge is -2.20. The summed E-state index contributed by atoms with van der Waals surface area (Å²) in [5, 5.41) is 23.5. The van der Waals surface area contributed by atoms with Crippen molar-refractivity contribution in [2.24, 2.45) is 0 Å². The van der Waals surface area contributed by atoms with Gasteiger partial charge < -0.3 is 20.3 Å². The molecule has 4 rings (SSSR count). The standard InChI is InChI=1S/C26H27NO4S/c1-32-24-13-7-6-12-21(24)25(29)23(28)14-15-27-26(30)31-16-22-19-10-4-2-8-17(19)18-9-3-5-11-20(18)22/h2-13,22-23,25,28-29H,14-16H2,1H3,(H,27,30). The van der Waals surface area contributed by atoms with E-state index in [0.29, 0.717) is 5.56 Å². The molecule has 2 unspecified atom stereocenters. The van der Waals surface area contributed by atoms with E-state index in [9.17, 15) is 15.0 Å². The second kappa shape index (κ2) is 10.2. The van der Waals surface area contributed by atoms with Crippen molar-refractivity contribution in [1.82, 2.24) is 5.32 Å². The van der Waals surface area contributed by atoms with Crippen LogP contribution in [0.4, 0.5) is 4.79 Å². The highest BCUT2D eigenvalue weighted by Crippen LogP contribution is 2.44. The zero-order chi connectivity index (χ0) is 22.5. The molecule has 0 heterocycles. The van der Waals surface area contributed by atoms with Gasteiger partial charge in [0.15, 0.2) is 0 Å². The topological polar surface area (TPSA) is 78.8 Å². The first kappa shape index (κ1) is 22.4. The van der Waals surface area contributed by atoms with E-state index in [1.807, 2.05) is 48.7 Å². The lowest BCUT2D eigenvalue weighted by molar-refractivity contribution is 0.0122. The number of aliphatic hydroxyl groups is 2. The molecule has 0 saturated carbocycles. The molecule has 0 aliphatic heterocycles. The van der Waals surface area contributed by atoms with Crippen LogP contribution >= 0.6 is 11.8 Å². The SMILES string of the molecule is CSc1ccccc1C(O)C(O)CCNC(=O)OCC1c2ccccc2-c2ccccc21. The van der Waals surface area contributed by atoms with E-state index in [4.69, 9.17) is 4.74 Å². The number of benzene rings is 3. The predicted molar refractivity (Wildman–Crippen MR) is 127 cm³/mol. The molecular formula is C26H27NO4S. The molecule has 5 nitrogen and oxygen atoms in total. The van der Waals surface area contributed by atoms with Crippen molar-refractivity contribution in [2.45, 2.75) is 29.4 Å². The third kappa shape index (κ3) is 4.67. The quantitative estimate of drug-likeness (QED) is 0.433. The summed E-state index contributed by atoms with van der Waals surface area (Å²) in [6.45, 7) is 0.447. The number of hydrogen-bond acceptors (Lipinski definition) is 5. The smallest absolute Gasteiger partial charge is 0.407 e. The minimum absolute atomic E-state index is 0.00334. The van der Waals surface area contributed by atoms with Crippen LogP contribution in [0.2, 0.25) is 0 Å². The fourth-order valence-corrected chi connectivity index (χ4v) is 4.89. The molecule has 0 fully saturated rings. The number of amides is 1. The molecule has 0 saturated heterocycles. The molecule has 166 valence electrons. The Morgan fingerprint density at radius 1 is 0.969 bits per heavy atom. The van der Waals surface area contributed by atoms with Crippen LogP contribution in [0.25, 0.3) is 11.1 Å². The summed E-state index contributed by atoms with van der Waals surface area (Å²) in [6, 6.07) is 23.8. The van der Waals surface area contributed by atoms with Crippen molar-refractivity contribution < 1.29 is 19.7 Å². The molecule has 1 amide bonds. The number of carbonyl (C=O) groups excluding carboxylic acids is 1. The molecule has 3 aromatic rings. The van der Waals surface area contributed by atoms with Crippen molar-refractivity contribution >= 4 is 17.9 Å². The van der Waals surface area contributed by atoms with Gasteiger partial charge in [0.2, 0.25) is 0 Å². The van der Waals surface area contributed by atoms with Gasteiger partial charge in [-0.05, 0) is 46.6 Å². The monoisotopic (exact) mass is 449 g/mol. The zero-order valence-electron chi connectivity index (χ0n) is 17.9. The van der Waals surface area contributed by atoms with E-state index < -0.39 is 18.3 Å². The third-order valence-corrected chi connectivity index (χ3v) is 6.69. The molecule has 0 radical (unpaired) electrons. The maximum Gasteiger partial charge on any atom is 0.407 e. The molecule has 1 aliphatic carbocycles. The molecule has 0 spiro atoms. The van der Waals surface area contributed by atoms with Crippen molar-refractivity contribution in [3.8, 4) is 11.1 Å². The Hall–Kier alpha value is -2.80. The maximum absolute atomic E-state index is 12.3. The summed E-state index contributed by atoms with van der Waals surface area (Å²) in [7, 11) is 0. The lowest BCUT2D eigenvalue weighted by Crippen LogP contribution is -2.30. The Balaban J connectivity index is 1.29. The van der Waals surface area contributed by atoms with Crippen LogP contribution in [0.3, 0.4) is 0 Å². The third-order valence-electron chi connectivity index (χ3n) is 5.88. The van der Waals surface area contributed by atoms with Crippen LogP contribution in [0, 0.1) is 0 Å². The molecule has 2 atom stereocenters. The summed E-state index contributed by atoms with van der Waals surface area (Å²) in [5.41, 5.74) is 5.37. The molecule has 32 heavy (non-hydrogen) atoms. The number of carbonyl (C=O) groups is 1. The van der Waals surface area contributed by atoms with E-state index >= 15 is 0 Å². The highest BCUT2D eigenvalue weighted by Gasteiger charge is 2.29. The highest BCUT2D eigenvalue weighted by molar-refractivity contribution is 7.98. The number of fused-ring (bicyclic) bond motifs is 3. The Bertz CT molecular complexity index is 1040. The second-order valence-electron chi connectivity index (χ2n) is 7.80. The Kier molecular flexibility index (Phi) is 7.15. The van der Waals surface area contributed by atoms with Crippen molar-refractivity contribution in [1.29, 1.82) is 0 Å². The number of thioether (sulfide) groups is 1. The summed E-state index contributed by atoms with van der Waals surface area (Å²) in [4.78, 5) is 13.2. The van der Waals surface area contributed by atoms with Crippen LogP contribution in [0.5, 0.6) is 0 Å². The first-order chi connectivity index (χ1) is 15.6. The van der Waals surface area contributed by atoms with Gasteiger partial charge in [-0.25, -0.2) is 4.79 Å². The molecule has 3 N–H and O–H groups in total. The van der Waals surface area contributed by atoms with Gasteiger partial charge in [-0.1, -0.05) is 66.7 Å². The van der Waals surface area contributed by atoms with Crippen molar-refractivity contribution in [3.63, 3.8) is 0 Å². The van der Waals surface area contributed by atoms with Crippen LogP contribution in [0.15, 0.2) is 77.7 Å². The number of hydrogen-bond donors (Lipinski definition) is 3. The highest BCUT2D eigenvalue weighted by atomic mass is 32.2. The van der Waals surface area contributed by atoms with Crippen LogP contribution in [-0.4, -0.2) is 41.8 Å². The van der Waals surface area contributed by atoms with Gasteiger partial charge >= 0.3 is 6.09 Å². The molecule has 3 aromatic carbocycles. The average molecular weight is 450 g/mol. The minimum Gasteiger partial charge on any atom is -0.449 e. The fourth-order valence-electron chi connectivity index (χ4n) is 4.25. The predicted octanol–water partition coefficient (Wildman–Crippen LogP) is 4.73. The average Bonchev–Trinajstić information content (AvgIpc) is 3.16. The first-order valence-electron chi connectivity index (χ1n) is 10.7. The molecule has 1 aliphatic rings. The van der Waals surface area contributed by atoms with E-state index in [1.54, 1.807) is 6.07 Å². The van der Waals surface area contributed by atoms with Gasteiger partial charge in [0.05, 0.1) is 6.10 Å². The first-order valence-corrected chi connectivity index (χ1v) is 11.9. The number of ether oxygens (including phenoxy) is 1. The van der Waals surface area contributed by atoms with Gasteiger partial charge in [-0.15, -0.1) is 11.8 Å². The van der Waals surface area contributed by atoms with Crippen LogP contribution in [-0.2, 0) is 4.74 Å². The summed E-state index contributed by atoms with van der Waals surface area (Å²) in [6.07, 6.45) is -0.386. The molecule has 0 bridgehead atoms. The summed E-state index contributed by atoms with van der Waals surface area (Å²) >= 11 is 1.52. The summed E-state index contributed by atoms with van der Waals surface area (Å²) < 4.78 is 5.51. The van der Waals surface area contributed by atoms with Gasteiger partial charge in [0, 0.05) is 17.4 Å². The lowest BCUT2D eigenvalue weighted by atomic mass is 9.98. The number of nitrogens with one attached hydrogen (secondary N) is 1. The Labute approximate surface area is 192 Å². The van der Waals surface area contributed by atoms with Crippen molar-refractivity contribution in [3.05, 3.63) is 89.5 Å². The number of aliphatic hydroxyl groups excluding tert-OH is 2. The second-order valence-corrected chi connectivity index (χ2v) is 8.64. The van der Waals surface area contributed by atoms with Crippen LogP contribution in [0.1, 0.15) is 35.1 Å². The van der Waals surface area contributed by atoms with Crippen molar-refractivity contribution in [2.75, 3.05) is 19.4 Å². The van der Waals surface area contributed by atoms with Gasteiger partial charge in [-0.2, -0.15) is 0 Å². The maximum atomic E-state index is 12.3. The van der Waals surface area contributed by atoms with Gasteiger partial charge in [0.1, 0.15) is 12.7 Å². The Morgan fingerprint density at radius 2 is 1.56 bits per heavy atom.